The van der Waals surface area contributed by atoms with Crippen LogP contribution in [0.4, 0.5) is 0 Å². The number of para-hydroxylation sites is 2. The van der Waals surface area contributed by atoms with Gasteiger partial charge in [0.05, 0.1) is 5.57 Å². The molecule has 7 nitrogen and oxygen atoms in total. The monoisotopic (exact) mass is 588 g/mol. The van der Waals surface area contributed by atoms with Gasteiger partial charge in [-0.1, -0.05) is 64.5 Å². The molecule has 3 aromatic carbocycles. The minimum atomic E-state index is -2.27. The van der Waals surface area contributed by atoms with Crippen LogP contribution in [-0.4, -0.2) is 20.0 Å². The van der Waals surface area contributed by atoms with Crippen LogP contribution in [0.1, 0.15) is 21.5 Å². The standard InChI is InChI=1S/C32H21BrN4O3/c1-36-17-25(21-7-3-5-9-27(21)36)30(38)23(15-34)29-24(16-35)31(26-18-37(2)28-10-6-4-8-22(26)28)40-32(29,39)19-11-13-20(33)14-12-19/h3-14,17-18,39H,1-2H3/b29-23+. The summed E-state index contributed by atoms with van der Waals surface area (Å²) in [5.74, 6) is -2.79. The summed E-state index contributed by atoms with van der Waals surface area (Å²) in [7, 11) is 3.68. The van der Waals surface area contributed by atoms with Crippen molar-refractivity contribution in [2.75, 3.05) is 0 Å². The fraction of sp³-hybridized carbons (Fsp3) is 0.0938. The average molecular weight is 589 g/mol. The second kappa shape index (κ2) is 9.39. The number of aliphatic hydroxyl groups is 1. The van der Waals surface area contributed by atoms with Gasteiger partial charge >= 0.3 is 0 Å². The number of hydrogen-bond acceptors (Lipinski definition) is 5. The van der Waals surface area contributed by atoms with Gasteiger partial charge < -0.3 is 19.0 Å². The van der Waals surface area contributed by atoms with E-state index >= 15 is 0 Å². The molecule has 0 amide bonds. The minimum absolute atomic E-state index is 0.0769. The SMILES string of the molecule is Cn1cc(C(=O)/C(C#N)=C2\C(C#N)=C(c3cn(C)c4ccccc34)OC2(O)c2ccc(Br)cc2)c2ccccc21. The molecule has 1 aliphatic heterocycles. The number of halogens is 1. The van der Waals surface area contributed by atoms with Crippen LogP contribution in [0.3, 0.4) is 0 Å². The lowest BCUT2D eigenvalue weighted by Gasteiger charge is -2.26. The van der Waals surface area contributed by atoms with Gasteiger partial charge in [-0.2, -0.15) is 10.5 Å². The zero-order valence-electron chi connectivity index (χ0n) is 21.5. The van der Waals surface area contributed by atoms with Gasteiger partial charge in [0.2, 0.25) is 5.78 Å². The summed E-state index contributed by atoms with van der Waals surface area (Å²) in [5.41, 5.74) is 2.20. The Balaban J connectivity index is 1.67. The molecule has 0 saturated carbocycles. The first-order valence-electron chi connectivity index (χ1n) is 12.4. The molecule has 0 spiro atoms. The van der Waals surface area contributed by atoms with Crippen molar-refractivity contribution >= 4 is 49.3 Å². The molecule has 3 heterocycles. The Hall–Kier alpha value is -4.89. The largest absolute Gasteiger partial charge is 0.452 e. The number of nitrogens with zero attached hydrogens (tertiary/aromatic N) is 4. The van der Waals surface area contributed by atoms with E-state index in [0.717, 1.165) is 20.9 Å². The van der Waals surface area contributed by atoms with Crippen LogP contribution >= 0.6 is 15.9 Å². The van der Waals surface area contributed by atoms with Gasteiger partial charge in [-0.05, 0) is 24.3 Å². The molecule has 5 aromatic rings. The summed E-state index contributed by atoms with van der Waals surface area (Å²) in [6.07, 6.45) is 3.46. The number of hydrogen-bond donors (Lipinski definition) is 1. The number of aromatic nitrogens is 2. The number of Topliss-reactive ketones (excluding diaryl/α,β-unsaturated/α-hetero) is 1. The Morgan fingerprint density at radius 3 is 2.15 bits per heavy atom. The normalized spacial score (nSPS) is 18.1. The third-order valence-corrected chi connectivity index (χ3v) is 7.81. The lowest BCUT2D eigenvalue weighted by atomic mass is 9.86. The second-order valence-corrected chi connectivity index (χ2v) is 10.5. The number of ether oxygens (including phenoxy) is 1. The topological polar surface area (TPSA) is 104 Å². The number of carbonyl (C=O) groups excluding carboxylic acids is 1. The highest BCUT2D eigenvalue weighted by atomic mass is 79.9. The molecule has 1 aliphatic rings. The van der Waals surface area contributed by atoms with Crippen molar-refractivity contribution in [2.45, 2.75) is 5.79 Å². The number of nitriles is 2. The summed E-state index contributed by atoms with van der Waals surface area (Å²) in [6, 6.07) is 25.8. The highest BCUT2D eigenvalue weighted by Crippen LogP contribution is 2.50. The van der Waals surface area contributed by atoms with E-state index in [9.17, 15) is 20.4 Å². The van der Waals surface area contributed by atoms with Crippen molar-refractivity contribution in [3.8, 4) is 12.1 Å². The Bertz CT molecular complexity index is 2020. The molecule has 1 N–H and O–H groups in total. The maximum absolute atomic E-state index is 14.1. The van der Waals surface area contributed by atoms with Gasteiger partial charge in [-0.15, -0.1) is 0 Å². The number of rotatable bonds is 4. The molecular weight excluding hydrogens is 568 g/mol. The zero-order chi connectivity index (χ0) is 28.2. The third kappa shape index (κ3) is 3.70. The van der Waals surface area contributed by atoms with Crippen LogP contribution in [0.2, 0.25) is 0 Å². The predicted octanol–water partition coefficient (Wildman–Crippen LogP) is 6.25. The van der Waals surface area contributed by atoms with Gasteiger partial charge in [0.15, 0.2) is 5.76 Å². The van der Waals surface area contributed by atoms with Gasteiger partial charge in [0.1, 0.15) is 23.3 Å². The number of allylic oxidation sites excluding steroid dienone is 1. The number of fused-ring (bicyclic) bond motifs is 2. The maximum atomic E-state index is 14.1. The Kier molecular flexibility index (Phi) is 5.96. The van der Waals surface area contributed by atoms with Gasteiger partial charge in [-0.25, -0.2) is 0 Å². The fourth-order valence-electron chi connectivity index (χ4n) is 5.40. The first-order valence-corrected chi connectivity index (χ1v) is 13.2. The van der Waals surface area contributed by atoms with E-state index in [1.165, 1.54) is 0 Å². The summed E-state index contributed by atoms with van der Waals surface area (Å²) in [5, 5.41) is 34.6. The van der Waals surface area contributed by atoms with E-state index in [1.807, 2.05) is 67.2 Å². The highest BCUT2D eigenvalue weighted by Gasteiger charge is 2.50. The van der Waals surface area contributed by atoms with E-state index in [0.29, 0.717) is 10.9 Å². The van der Waals surface area contributed by atoms with Gasteiger partial charge in [-0.3, -0.25) is 4.79 Å². The fourth-order valence-corrected chi connectivity index (χ4v) is 5.67. The average Bonchev–Trinajstić information content (AvgIpc) is 3.59. The summed E-state index contributed by atoms with van der Waals surface area (Å²) in [6.45, 7) is 0. The van der Waals surface area contributed by atoms with E-state index in [-0.39, 0.29) is 33.6 Å². The zero-order valence-corrected chi connectivity index (χ0v) is 23.1. The van der Waals surface area contributed by atoms with E-state index in [4.69, 9.17) is 4.74 Å². The molecular formula is C32H21BrN4O3. The molecule has 8 heteroatoms. The summed E-state index contributed by atoms with van der Waals surface area (Å²) < 4.78 is 10.7. The lowest BCUT2D eigenvalue weighted by Crippen LogP contribution is -2.29. The van der Waals surface area contributed by atoms with Crippen molar-refractivity contribution < 1.29 is 14.6 Å². The maximum Gasteiger partial charge on any atom is 0.264 e. The molecule has 2 aromatic heterocycles. The molecule has 0 fully saturated rings. The van der Waals surface area contributed by atoms with Crippen molar-refractivity contribution in [3.63, 3.8) is 0 Å². The quantitative estimate of drug-likeness (QED) is 0.152. The first-order chi connectivity index (χ1) is 19.3. The highest BCUT2D eigenvalue weighted by molar-refractivity contribution is 9.10. The Morgan fingerprint density at radius 2 is 1.50 bits per heavy atom. The number of aryl methyl sites for hydroxylation is 2. The Labute approximate surface area is 238 Å². The van der Waals surface area contributed by atoms with Gasteiger partial charge in [0.25, 0.3) is 5.79 Å². The predicted molar refractivity (Wildman–Crippen MR) is 154 cm³/mol. The Morgan fingerprint density at radius 1 is 0.900 bits per heavy atom. The van der Waals surface area contributed by atoms with Crippen LogP contribution < -0.4 is 0 Å². The van der Waals surface area contributed by atoms with Crippen LogP contribution in [0.25, 0.3) is 27.6 Å². The second-order valence-electron chi connectivity index (χ2n) is 9.60. The molecule has 6 rings (SSSR count). The molecule has 0 aliphatic carbocycles. The van der Waals surface area contributed by atoms with Crippen LogP contribution in [0.15, 0.2) is 106 Å². The van der Waals surface area contributed by atoms with Crippen molar-refractivity contribution in [2.24, 2.45) is 14.1 Å². The smallest absolute Gasteiger partial charge is 0.264 e. The molecule has 0 radical (unpaired) electrons. The molecule has 1 atom stereocenters. The summed E-state index contributed by atoms with van der Waals surface area (Å²) >= 11 is 3.40. The van der Waals surface area contributed by atoms with Crippen LogP contribution in [0, 0.1) is 22.7 Å². The summed E-state index contributed by atoms with van der Waals surface area (Å²) in [4.78, 5) is 14.1. The minimum Gasteiger partial charge on any atom is -0.452 e. The third-order valence-electron chi connectivity index (χ3n) is 7.29. The lowest BCUT2D eigenvalue weighted by molar-refractivity contribution is -0.120. The molecule has 0 saturated heterocycles. The first kappa shape index (κ1) is 25.4. The number of ketones is 1. The molecule has 40 heavy (non-hydrogen) atoms. The van der Waals surface area contributed by atoms with E-state index < -0.39 is 11.6 Å². The molecule has 1 unspecified atom stereocenters. The number of carbonyl (C=O) groups is 1. The van der Waals surface area contributed by atoms with Gasteiger partial charge in [0, 0.05) is 69.5 Å². The van der Waals surface area contributed by atoms with E-state index in [1.54, 1.807) is 47.3 Å². The van der Waals surface area contributed by atoms with Crippen molar-refractivity contribution in [1.29, 1.82) is 10.5 Å². The number of benzene rings is 3. The van der Waals surface area contributed by atoms with Crippen molar-refractivity contribution in [3.05, 3.63) is 123 Å². The van der Waals surface area contributed by atoms with Crippen LogP contribution in [0.5, 0.6) is 0 Å². The van der Waals surface area contributed by atoms with Crippen LogP contribution in [-0.2, 0) is 24.6 Å². The molecule has 194 valence electrons. The van der Waals surface area contributed by atoms with Crippen molar-refractivity contribution in [1.82, 2.24) is 9.13 Å². The van der Waals surface area contributed by atoms with E-state index in [2.05, 4.69) is 22.0 Å². The molecule has 0 bridgehead atoms.